The van der Waals surface area contributed by atoms with Gasteiger partial charge in [-0.05, 0) is 24.0 Å². The summed E-state index contributed by atoms with van der Waals surface area (Å²) in [5.41, 5.74) is 1.86. The smallest absolute Gasteiger partial charge is 0.308 e. The van der Waals surface area contributed by atoms with Gasteiger partial charge < -0.3 is 19.6 Å². The van der Waals surface area contributed by atoms with Crippen molar-refractivity contribution < 1.29 is 24.2 Å². The third kappa shape index (κ3) is 5.56. The first-order chi connectivity index (χ1) is 12.4. The quantitative estimate of drug-likeness (QED) is 0.786. The number of piperidine rings is 1. The average molecular weight is 362 g/mol. The number of rotatable bonds is 7. The minimum atomic E-state index is -0.872. The Kier molecular flexibility index (Phi) is 7.15. The highest BCUT2D eigenvalue weighted by Crippen LogP contribution is 2.17. The van der Waals surface area contributed by atoms with E-state index < -0.39 is 11.9 Å². The summed E-state index contributed by atoms with van der Waals surface area (Å²) >= 11 is 0. The molecule has 7 heteroatoms. The molecule has 1 N–H and O–H groups in total. The number of carboxylic acid groups (broad SMARTS) is 1. The summed E-state index contributed by atoms with van der Waals surface area (Å²) in [6.45, 7) is 1.21. The molecule has 1 aliphatic rings. The number of carbonyl (C=O) groups is 3. The van der Waals surface area contributed by atoms with Gasteiger partial charge >= 0.3 is 5.97 Å². The number of methoxy groups -OCH3 is 1. The number of amides is 2. The first kappa shape index (κ1) is 19.9. The SMILES string of the molecule is COCc1cccc(CC(=O)N(C)CC(=O)N2CCCC(C(=O)O)C2)c1. The Bertz CT molecular complexity index is 661. The van der Waals surface area contributed by atoms with E-state index in [4.69, 9.17) is 9.84 Å². The molecule has 0 aromatic heterocycles. The standard InChI is InChI=1S/C19H26N2O5/c1-20(12-18(23)21-8-4-7-16(11-21)19(24)25)17(22)10-14-5-3-6-15(9-14)13-26-2/h3,5-6,9,16H,4,7-8,10-13H2,1-2H3,(H,24,25). The number of nitrogens with zero attached hydrogens (tertiary/aromatic N) is 2. The van der Waals surface area contributed by atoms with Crippen LogP contribution in [0.4, 0.5) is 0 Å². The fourth-order valence-electron chi connectivity index (χ4n) is 3.10. The lowest BCUT2D eigenvalue weighted by Crippen LogP contribution is -2.47. The van der Waals surface area contributed by atoms with E-state index >= 15 is 0 Å². The van der Waals surface area contributed by atoms with E-state index in [1.807, 2.05) is 24.3 Å². The Morgan fingerprint density at radius 2 is 2.04 bits per heavy atom. The summed E-state index contributed by atoms with van der Waals surface area (Å²) in [6, 6.07) is 7.59. The van der Waals surface area contributed by atoms with Crippen LogP contribution in [0.25, 0.3) is 0 Å². The van der Waals surface area contributed by atoms with Crippen LogP contribution in [-0.2, 0) is 32.1 Å². The van der Waals surface area contributed by atoms with Gasteiger partial charge in [0.1, 0.15) is 0 Å². The van der Waals surface area contributed by atoms with Gasteiger partial charge in [-0.25, -0.2) is 0 Å². The Labute approximate surface area is 153 Å². The first-order valence-electron chi connectivity index (χ1n) is 8.72. The fourth-order valence-corrected chi connectivity index (χ4v) is 3.10. The molecular formula is C19H26N2O5. The van der Waals surface area contributed by atoms with E-state index in [-0.39, 0.29) is 31.3 Å². The lowest BCUT2D eigenvalue weighted by molar-refractivity contribution is -0.147. The third-order valence-electron chi connectivity index (χ3n) is 4.58. The Balaban J connectivity index is 1.89. The van der Waals surface area contributed by atoms with Gasteiger partial charge in [-0.1, -0.05) is 24.3 Å². The summed E-state index contributed by atoms with van der Waals surface area (Å²) in [6.07, 6.45) is 1.47. The summed E-state index contributed by atoms with van der Waals surface area (Å²) in [4.78, 5) is 38.9. The molecule has 0 bridgehead atoms. The second kappa shape index (κ2) is 9.33. The van der Waals surface area contributed by atoms with Crippen molar-refractivity contribution in [2.75, 3.05) is 33.8 Å². The molecule has 1 aromatic rings. The van der Waals surface area contributed by atoms with E-state index in [0.29, 0.717) is 26.0 Å². The van der Waals surface area contributed by atoms with Crippen LogP contribution in [0.2, 0.25) is 0 Å². The lowest BCUT2D eigenvalue weighted by Gasteiger charge is -2.32. The van der Waals surface area contributed by atoms with Crippen LogP contribution in [-0.4, -0.2) is 66.5 Å². The summed E-state index contributed by atoms with van der Waals surface area (Å²) in [5, 5.41) is 9.12. The van der Waals surface area contributed by atoms with Crippen molar-refractivity contribution in [3.05, 3.63) is 35.4 Å². The highest BCUT2D eigenvalue weighted by molar-refractivity contribution is 5.86. The second-order valence-electron chi connectivity index (χ2n) is 6.70. The molecule has 1 atom stereocenters. The van der Waals surface area contributed by atoms with Crippen molar-refractivity contribution >= 4 is 17.8 Å². The third-order valence-corrected chi connectivity index (χ3v) is 4.58. The van der Waals surface area contributed by atoms with Gasteiger partial charge in [0.15, 0.2) is 0 Å². The zero-order valence-electron chi connectivity index (χ0n) is 15.3. The molecule has 0 spiro atoms. The van der Waals surface area contributed by atoms with Crippen molar-refractivity contribution in [2.24, 2.45) is 5.92 Å². The molecule has 2 amide bonds. The second-order valence-corrected chi connectivity index (χ2v) is 6.70. The molecule has 1 heterocycles. The fraction of sp³-hybridized carbons (Fsp3) is 0.526. The number of aliphatic carboxylic acids is 1. The van der Waals surface area contributed by atoms with Gasteiger partial charge in [0.2, 0.25) is 11.8 Å². The van der Waals surface area contributed by atoms with E-state index in [1.165, 1.54) is 4.90 Å². The topological polar surface area (TPSA) is 87.2 Å². The molecule has 1 saturated heterocycles. The Hall–Kier alpha value is -2.41. The van der Waals surface area contributed by atoms with Gasteiger partial charge in [-0.2, -0.15) is 0 Å². The number of ether oxygens (including phenoxy) is 1. The molecule has 0 radical (unpaired) electrons. The molecule has 1 aliphatic heterocycles. The minimum Gasteiger partial charge on any atom is -0.481 e. The normalized spacial score (nSPS) is 17.0. The summed E-state index contributed by atoms with van der Waals surface area (Å²) in [5.74, 6) is -1.75. The van der Waals surface area contributed by atoms with Gasteiger partial charge in [-0.15, -0.1) is 0 Å². The highest BCUT2D eigenvalue weighted by atomic mass is 16.5. The van der Waals surface area contributed by atoms with Gasteiger partial charge in [0.25, 0.3) is 0 Å². The molecule has 142 valence electrons. The number of carbonyl (C=O) groups excluding carboxylic acids is 2. The lowest BCUT2D eigenvalue weighted by atomic mass is 9.98. The van der Waals surface area contributed by atoms with Crippen LogP contribution in [0, 0.1) is 5.92 Å². The van der Waals surface area contributed by atoms with Crippen LogP contribution in [0.1, 0.15) is 24.0 Å². The van der Waals surface area contributed by atoms with Crippen LogP contribution in [0.15, 0.2) is 24.3 Å². The Morgan fingerprint density at radius 1 is 1.31 bits per heavy atom. The molecular weight excluding hydrogens is 336 g/mol. The van der Waals surface area contributed by atoms with Crippen molar-refractivity contribution in [1.29, 1.82) is 0 Å². The van der Waals surface area contributed by atoms with Crippen LogP contribution >= 0.6 is 0 Å². The molecule has 26 heavy (non-hydrogen) atoms. The molecule has 0 aliphatic carbocycles. The Morgan fingerprint density at radius 3 is 2.73 bits per heavy atom. The van der Waals surface area contributed by atoms with E-state index in [0.717, 1.165) is 11.1 Å². The van der Waals surface area contributed by atoms with Gasteiger partial charge in [0.05, 0.1) is 25.5 Å². The number of likely N-dealkylation sites (N-methyl/N-ethyl adjacent to an activating group) is 1. The maximum Gasteiger partial charge on any atom is 0.308 e. The van der Waals surface area contributed by atoms with Crippen LogP contribution in [0.5, 0.6) is 0 Å². The predicted molar refractivity (Wildman–Crippen MR) is 95.4 cm³/mol. The van der Waals surface area contributed by atoms with Crippen molar-refractivity contribution in [1.82, 2.24) is 9.80 Å². The average Bonchev–Trinajstić information content (AvgIpc) is 2.62. The van der Waals surface area contributed by atoms with Crippen molar-refractivity contribution in [2.45, 2.75) is 25.9 Å². The molecule has 1 fully saturated rings. The number of hydrogen-bond acceptors (Lipinski definition) is 4. The van der Waals surface area contributed by atoms with E-state index in [1.54, 1.807) is 19.1 Å². The maximum atomic E-state index is 12.4. The van der Waals surface area contributed by atoms with Crippen molar-refractivity contribution in [3.8, 4) is 0 Å². The zero-order chi connectivity index (χ0) is 19.1. The monoisotopic (exact) mass is 362 g/mol. The molecule has 1 aromatic carbocycles. The number of hydrogen-bond donors (Lipinski definition) is 1. The van der Waals surface area contributed by atoms with Crippen LogP contribution < -0.4 is 0 Å². The summed E-state index contributed by atoms with van der Waals surface area (Å²) in [7, 11) is 3.21. The number of benzene rings is 1. The van der Waals surface area contributed by atoms with E-state index in [2.05, 4.69) is 0 Å². The molecule has 0 saturated carbocycles. The minimum absolute atomic E-state index is 0.0388. The maximum absolute atomic E-state index is 12.4. The molecule has 2 rings (SSSR count). The number of carboxylic acids is 1. The highest BCUT2D eigenvalue weighted by Gasteiger charge is 2.28. The first-order valence-corrected chi connectivity index (χ1v) is 8.72. The summed E-state index contributed by atoms with van der Waals surface area (Å²) < 4.78 is 5.09. The van der Waals surface area contributed by atoms with Gasteiger partial charge in [-0.3, -0.25) is 14.4 Å². The van der Waals surface area contributed by atoms with Gasteiger partial charge in [0, 0.05) is 27.2 Å². The molecule has 1 unspecified atom stereocenters. The zero-order valence-corrected chi connectivity index (χ0v) is 15.3. The van der Waals surface area contributed by atoms with E-state index in [9.17, 15) is 14.4 Å². The number of likely N-dealkylation sites (tertiary alicyclic amines) is 1. The largest absolute Gasteiger partial charge is 0.481 e. The molecule has 7 nitrogen and oxygen atoms in total. The van der Waals surface area contributed by atoms with Crippen LogP contribution in [0.3, 0.4) is 0 Å². The van der Waals surface area contributed by atoms with Crippen molar-refractivity contribution in [3.63, 3.8) is 0 Å². The predicted octanol–water partition coefficient (Wildman–Crippen LogP) is 1.16.